The normalized spacial score (nSPS) is 18.1. The van der Waals surface area contributed by atoms with E-state index in [-0.39, 0.29) is 0 Å². The van der Waals surface area contributed by atoms with E-state index in [1.54, 1.807) is 11.3 Å². The largest absolute Gasteiger partial charge is 0.308 e. The van der Waals surface area contributed by atoms with E-state index in [1.807, 2.05) is 11.4 Å². The van der Waals surface area contributed by atoms with Gasteiger partial charge in [-0.25, -0.2) is 0 Å². The molecular formula is C13H19N3S. The first kappa shape index (κ1) is 12.6. The number of nitrogens with zero attached hydrogens (tertiary/aromatic N) is 2. The molecule has 3 nitrogen and oxygen atoms in total. The van der Waals surface area contributed by atoms with Gasteiger partial charge >= 0.3 is 0 Å². The van der Waals surface area contributed by atoms with E-state index in [1.165, 1.54) is 30.8 Å². The van der Waals surface area contributed by atoms with E-state index in [0.717, 1.165) is 18.7 Å². The summed E-state index contributed by atoms with van der Waals surface area (Å²) < 4.78 is 0. The summed E-state index contributed by atoms with van der Waals surface area (Å²) in [4.78, 5) is 3.77. The van der Waals surface area contributed by atoms with Crippen molar-refractivity contribution in [3.8, 4) is 6.07 Å². The molecule has 0 amide bonds. The van der Waals surface area contributed by atoms with Crippen molar-refractivity contribution in [2.75, 3.05) is 19.6 Å². The third-order valence-corrected chi connectivity index (χ3v) is 4.08. The number of hydrogen-bond acceptors (Lipinski definition) is 4. The number of thiophene rings is 1. The summed E-state index contributed by atoms with van der Waals surface area (Å²) >= 11 is 1.66. The van der Waals surface area contributed by atoms with Crippen molar-refractivity contribution in [1.82, 2.24) is 10.2 Å². The van der Waals surface area contributed by atoms with E-state index in [2.05, 4.69) is 23.2 Å². The van der Waals surface area contributed by atoms with Crippen LogP contribution in [0.2, 0.25) is 0 Å². The zero-order valence-corrected chi connectivity index (χ0v) is 11.1. The molecule has 0 spiro atoms. The maximum absolute atomic E-state index is 8.75. The van der Waals surface area contributed by atoms with Gasteiger partial charge in [-0.2, -0.15) is 5.26 Å². The van der Waals surface area contributed by atoms with Gasteiger partial charge in [-0.15, -0.1) is 11.3 Å². The Morgan fingerprint density at radius 2 is 2.29 bits per heavy atom. The van der Waals surface area contributed by atoms with Crippen LogP contribution in [0.3, 0.4) is 0 Å². The predicted molar refractivity (Wildman–Crippen MR) is 71.0 cm³/mol. The molecule has 2 heterocycles. The van der Waals surface area contributed by atoms with E-state index >= 15 is 0 Å². The molecule has 0 radical (unpaired) electrons. The van der Waals surface area contributed by atoms with E-state index in [0.29, 0.717) is 6.04 Å². The molecule has 1 atom stereocenters. The molecule has 0 saturated carbocycles. The monoisotopic (exact) mass is 249 g/mol. The van der Waals surface area contributed by atoms with Crippen molar-refractivity contribution >= 4 is 11.3 Å². The molecule has 1 aliphatic heterocycles. The second kappa shape index (κ2) is 6.15. The van der Waals surface area contributed by atoms with Crippen LogP contribution in [0.15, 0.2) is 11.4 Å². The maximum atomic E-state index is 8.75. The molecule has 1 aliphatic rings. The van der Waals surface area contributed by atoms with Crippen LogP contribution in [0.25, 0.3) is 0 Å². The molecule has 1 saturated heterocycles. The summed E-state index contributed by atoms with van der Waals surface area (Å²) in [6.07, 6.45) is 2.70. The van der Waals surface area contributed by atoms with E-state index in [9.17, 15) is 0 Å². The average molecular weight is 249 g/mol. The standard InChI is InChI=1S/C13H19N3S/c1-11(9-16-4-2-3-5-16)15-8-13-6-12(7-14)10-17-13/h6,10-11,15H,2-5,8-9H2,1H3. The van der Waals surface area contributed by atoms with Crippen LogP contribution in [0.5, 0.6) is 0 Å². The van der Waals surface area contributed by atoms with Gasteiger partial charge in [0.1, 0.15) is 6.07 Å². The Morgan fingerprint density at radius 3 is 2.94 bits per heavy atom. The molecule has 1 fully saturated rings. The zero-order chi connectivity index (χ0) is 12.1. The second-order valence-corrected chi connectivity index (χ2v) is 5.70. The summed E-state index contributed by atoms with van der Waals surface area (Å²) in [5.74, 6) is 0. The number of rotatable bonds is 5. The predicted octanol–water partition coefficient (Wildman–Crippen LogP) is 2.19. The van der Waals surface area contributed by atoms with Crippen LogP contribution in [-0.2, 0) is 6.54 Å². The van der Waals surface area contributed by atoms with Crippen molar-refractivity contribution in [3.05, 3.63) is 21.9 Å². The molecule has 1 N–H and O–H groups in total. The zero-order valence-electron chi connectivity index (χ0n) is 10.3. The van der Waals surface area contributed by atoms with Crippen LogP contribution >= 0.6 is 11.3 Å². The fourth-order valence-corrected chi connectivity index (χ4v) is 2.98. The lowest BCUT2D eigenvalue weighted by Gasteiger charge is -2.20. The van der Waals surface area contributed by atoms with Crippen molar-refractivity contribution < 1.29 is 0 Å². The molecule has 1 aromatic heterocycles. The highest BCUT2D eigenvalue weighted by molar-refractivity contribution is 7.10. The Kier molecular flexibility index (Phi) is 4.55. The topological polar surface area (TPSA) is 39.1 Å². The highest BCUT2D eigenvalue weighted by atomic mass is 32.1. The molecule has 92 valence electrons. The van der Waals surface area contributed by atoms with Gasteiger partial charge in [-0.1, -0.05) is 0 Å². The van der Waals surface area contributed by atoms with Crippen LogP contribution in [0.4, 0.5) is 0 Å². The molecule has 1 unspecified atom stereocenters. The van der Waals surface area contributed by atoms with Crippen LogP contribution in [0.1, 0.15) is 30.2 Å². The van der Waals surface area contributed by atoms with Crippen LogP contribution in [-0.4, -0.2) is 30.6 Å². The minimum Gasteiger partial charge on any atom is -0.308 e. The number of nitriles is 1. The van der Waals surface area contributed by atoms with Gasteiger partial charge < -0.3 is 10.2 Å². The molecule has 0 aromatic carbocycles. The SMILES string of the molecule is CC(CN1CCCC1)NCc1cc(C#N)cs1. The number of nitrogens with one attached hydrogen (secondary N) is 1. The first-order chi connectivity index (χ1) is 8.28. The average Bonchev–Trinajstić information content (AvgIpc) is 2.96. The smallest absolute Gasteiger partial charge is 0.100 e. The summed E-state index contributed by atoms with van der Waals surface area (Å²) in [7, 11) is 0. The number of likely N-dealkylation sites (tertiary alicyclic amines) is 1. The summed E-state index contributed by atoms with van der Waals surface area (Å²) in [6, 6.07) is 4.66. The lowest BCUT2D eigenvalue weighted by Crippen LogP contribution is -2.37. The Bertz CT molecular complexity index is 388. The Morgan fingerprint density at radius 1 is 1.53 bits per heavy atom. The van der Waals surface area contributed by atoms with Gasteiger partial charge in [-0.3, -0.25) is 0 Å². The fraction of sp³-hybridized carbons (Fsp3) is 0.615. The van der Waals surface area contributed by atoms with Gasteiger partial charge in [0.25, 0.3) is 0 Å². The Labute approximate surface area is 107 Å². The minimum atomic E-state index is 0.515. The number of hydrogen-bond donors (Lipinski definition) is 1. The van der Waals surface area contributed by atoms with Crippen LogP contribution in [0, 0.1) is 11.3 Å². The second-order valence-electron chi connectivity index (χ2n) is 4.70. The van der Waals surface area contributed by atoms with Crippen LogP contribution < -0.4 is 5.32 Å². The highest BCUT2D eigenvalue weighted by Gasteiger charge is 2.14. The lowest BCUT2D eigenvalue weighted by atomic mass is 10.3. The first-order valence-electron chi connectivity index (χ1n) is 6.21. The summed E-state index contributed by atoms with van der Waals surface area (Å²) in [5.41, 5.74) is 0.777. The summed E-state index contributed by atoms with van der Waals surface area (Å²) in [5, 5.41) is 14.2. The molecular weight excluding hydrogens is 230 g/mol. The molecule has 1 aromatic rings. The van der Waals surface area contributed by atoms with Gasteiger partial charge in [0.15, 0.2) is 0 Å². The van der Waals surface area contributed by atoms with Gasteiger partial charge in [0, 0.05) is 29.4 Å². The third-order valence-electron chi connectivity index (χ3n) is 3.14. The highest BCUT2D eigenvalue weighted by Crippen LogP contribution is 2.14. The van der Waals surface area contributed by atoms with Gasteiger partial charge in [0.05, 0.1) is 5.56 Å². The molecule has 0 bridgehead atoms. The minimum absolute atomic E-state index is 0.515. The Balaban J connectivity index is 1.71. The van der Waals surface area contributed by atoms with Crippen molar-refractivity contribution in [1.29, 1.82) is 5.26 Å². The third kappa shape index (κ3) is 3.81. The fourth-order valence-electron chi connectivity index (χ4n) is 2.22. The molecule has 2 rings (SSSR count). The van der Waals surface area contributed by atoms with Crippen molar-refractivity contribution in [2.45, 2.75) is 32.4 Å². The quantitative estimate of drug-likeness (QED) is 0.869. The lowest BCUT2D eigenvalue weighted by molar-refractivity contribution is 0.298. The van der Waals surface area contributed by atoms with Crippen molar-refractivity contribution in [3.63, 3.8) is 0 Å². The molecule has 17 heavy (non-hydrogen) atoms. The van der Waals surface area contributed by atoms with E-state index < -0.39 is 0 Å². The first-order valence-corrected chi connectivity index (χ1v) is 7.09. The Hall–Kier alpha value is -0.890. The maximum Gasteiger partial charge on any atom is 0.100 e. The molecule has 4 heteroatoms. The van der Waals surface area contributed by atoms with Crippen molar-refractivity contribution in [2.24, 2.45) is 0 Å². The van der Waals surface area contributed by atoms with E-state index in [4.69, 9.17) is 5.26 Å². The van der Waals surface area contributed by atoms with Gasteiger partial charge in [0.2, 0.25) is 0 Å². The molecule has 0 aliphatic carbocycles. The summed E-state index contributed by atoms with van der Waals surface area (Å²) in [6.45, 7) is 6.75. The van der Waals surface area contributed by atoms with Gasteiger partial charge in [-0.05, 0) is 38.9 Å².